The van der Waals surface area contributed by atoms with E-state index in [4.69, 9.17) is 14.6 Å². The molecule has 0 aliphatic rings. The topological polar surface area (TPSA) is 55.8 Å². The molecule has 0 amide bonds. The smallest absolute Gasteiger partial charge is 0.349 e. The Morgan fingerprint density at radius 1 is 1.41 bits per heavy atom. The van der Waals surface area contributed by atoms with Gasteiger partial charge < -0.3 is 14.6 Å². The Balaban J connectivity index is 2.33. The molecule has 0 unspecified atom stereocenters. The van der Waals surface area contributed by atoms with Crippen molar-refractivity contribution in [2.24, 2.45) is 0 Å². The molecule has 0 aliphatic heterocycles. The summed E-state index contributed by atoms with van der Waals surface area (Å²) in [4.78, 5) is 12.1. The van der Waals surface area contributed by atoms with Gasteiger partial charge in [-0.15, -0.1) is 11.3 Å². The van der Waals surface area contributed by atoms with Gasteiger partial charge in [0.05, 0.1) is 6.61 Å². The Morgan fingerprint density at radius 2 is 2.18 bits per heavy atom. The summed E-state index contributed by atoms with van der Waals surface area (Å²) in [5.74, 6) is -0.496. The monoisotopic (exact) mass is 258 g/mol. The number of thiophene rings is 1. The van der Waals surface area contributed by atoms with Crippen molar-refractivity contribution in [1.29, 1.82) is 0 Å². The normalized spacial score (nSPS) is 10.5. The Morgan fingerprint density at radius 3 is 2.82 bits per heavy atom. The molecular weight excluding hydrogens is 240 g/mol. The van der Waals surface area contributed by atoms with E-state index in [1.165, 1.54) is 11.3 Å². The summed E-state index contributed by atoms with van der Waals surface area (Å²) in [7, 11) is 0. The first-order chi connectivity index (χ1) is 8.15. The molecule has 1 aromatic heterocycles. The van der Waals surface area contributed by atoms with E-state index in [2.05, 4.69) is 6.92 Å². The van der Waals surface area contributed by atoms with Gasteiger partial charge in [-0.1, -0.05) is 13.3 Å². The van der Waals surface area contributed by atoms with Gasteiger partial charge >= 0.3 is 5.97 Å². The SMILES string of the molecule is CCCCOCCOc1cc(C)sc1C(=O)O. The van der Waals surface area contributed by atoms with Crippen LogP contribution in [0, 0.1) is 6.92 Å². The van der Waals surface area contributed by atoms with Gasteiger partial charge in [-0.2, -0.15) is 0 Å². The molecule has 0 atom stereocenters. The average Bonchev–Trinajstić information content (AvgIpc) is 2.65. The summed E-state index contributed by atoms with van der Waals surface area (Å²) in [6, 6.07) is 1.75. The van der Waals surface area contributed by atoms with Crippen molar-refractivity contribution in [1.82, 2.24) is 0 Å². The minimum absolute atomic E-state index is 0.260. The maximum atomic E-state index is 10.9. The maximum absolute atomic E-state index is 10.9. The lowest BCUT2D eigenvalue weighted by molar-refractivity contribution is 0.0691. The first kappa shape index (κ1) is 14.0. The molecule has 0 saturated carbocycles. The molecule has 0 aliphatic carbocycles. The molecule has 0 spiro atoms. The van der Waals surface area contributed by atoms with Crippen LogP contribution in [0.15, 0.2) is 6.07 Å². The highest BCUT2D eigenvalue weighted by Gasteiger charge is 2.14. The summed E-state index contributed by atoms with van der Waals surface area (Å²) >= 11 is 1.23. The third-order valence-corrected chi connectivity index (χ3v) is 3.16. The largest absolute Gasteiger partial charge is 0.489 e. The van der Waals surface area contributed by atoms with Crippen molar-refractivity contribution in [3.05, 3.63) is 15.8 Å². The zero-order valence-corrected chi connectivity index (χ0v) is 11.0. The van der Waals surface area contributed by atoms with Gasteiger partial charge in [0, 0.05) is 11.5 Å². The van der Waals surface area contributed by atoms with E-state index >= 15 is 0 Å². The van der Waals surface area contributed by atoms with E-state index in [1.54, 1.807) is 6.07 Å². The number of carboxylic acids is 1. The van der Waals surface area contributed by atoms with Crippen molar-refractivity contribution in [3.8, 4) is 5.75 Å². The van der Waals surface area contributed by atoms with Gasteiger partial charge in [0.1, 0.15) is 12.4 Å². The van der Waals surface area contributed by atoms with Crippen LogP contribution in [-0.2, 0) is 4.74 Å². The molecule has 0 aromatic carbocycles. The lowest BCUT2D eigenvalue weighted by atomic mass is 10.4. The molecule has 17 heavy (non-hydrogen) atoms. The molecule has 4 nitrogen and oxygen atoms in total. The van der Waals surface area contributed by atoms with Gasteiger partial charge in [0.2, 0.25) is 0 Å². The number of rotatable bonds is 8. The van der Waals surface area contributed by atoms with Gasteiger partial charge in [0.25, 0.3) is 0 Å². The van der Waals surface area contributed by atoms with Crippen LogP contribution >= 0.6 is 11.3 Å². The molecule has 0 radical (unpaired) electrons. The van der Waals surface area contributed by atoms with E-state index in [0.29, 0.717) is 19.0 Å². The first-order valence-corrected chi connectivity index (χ1v) is 6.51. The predicted octanol–water partition coefficient (Wildman–Crippen LogP) is 2.95. The second-order valence-corrected chi connectivity index (χ2v) is 4.93. The summed E-state index contributed by atoms with van der Waals surface area (Å²) in [6.45, 7) is 5.58. The molecule has 0 saturated heterocycles. The Kier molecular flexibility index (Phi) is 6.00. The third kappa shape index (κ3) is 4.75. The molecule has 1 rings (SSSR count). The van der Waals surface area contributed by atoms with Crippen molar-refractivity contribution >= 4 is 17.3 Å². The number of carboxylic acid groups (broad SMARTS) is 1. The molecule has 0 fully saturated rings. The van der Waals surface area contributed by atoms with Crippen LogP contribution in [0.25, 0.3) is 0 Å². The first-order valence-electron chi connectivity index (χ1n) is 5.69. The maximum Gasteiger partial charge on any atom is 0.349 e. The number of hydrogen-bond acceptors (Lipinski definition) is 4. The quantitative estimate of drug-likeness (QED) is 0.728. The Bertz CT molecular complexity index is 359. The number of hydrogen-bond donors (Lipinski definition) is 1. The zero-order chi connectivity index (χ0) is 12.7. The van der Waals surface area contributed by atoms with Crippen LogP contribution in [0.2, 0.25) is 0 Å². The molecule has 96 valence electrons. The van der Waals surface area contributed by atoms with Crippen molar-refractivity contribution in [3.63, 3.8) is 0 Å². The molecule has 1 aromatic rings. The fraction of sp³-hybridized carbons (Fsp3) is 0.583. The number of aromatic carboxylic acids is 1. The summed E-state index contributed by atoms with van der Waals surface area (Å²) in [6.07, 6.45) is 2.14. The highest BCUT2D eigenvalue weighted by molar-refractivity contribution is 7.14. The van der Waals surface area contributed by atoms with Gasteiger partial charge in [0.15, 0.2) is 4.88 Å². The standard InChI is InChI=1S/C12H18O4S/c1-3-4-5-15-6-7-16-10-8-9(2)17-11(10)12(13)14/h8H,3-7H2,1-2H3,(H,13,14). The van der Waals surface area contributed by atoms with Crippen LogP contribution in [0.4, 0.5) is 0 Å². The van der Waals surface area contributed by atoms with Crippen molar-refractivity contribution in [2.45, 2.75) is 26.7 Å². The van der Waals surface area contributed by atoms with Gasteiger partial charge in [-0.3, -0.25) is 0 Å². The van der Waals surface area contributed by atoms with E-state index in [0.717, 1.165) is 24.3 Å². The Labute approximate surface area is 105 Å². The Hall–Kier alpha value is -1.07. The zero-order valence-electron chi connectivity index (χ0n) is 10.2. The van der Waals surface area contributed by atoms with Crippen LogP contribution < -0.4 is 4.74 Å². The molecular formula is C12H18O4S. The average molecular weight is 258 g/mol. The van der Waals surface area contributed by atoms with Crippen LogP contribution in [0.5, 0.6) is 5.75 Å². The predicted molar refractivity (Wildman–Crippen MR) is 67.2 cm³/mol. The lowest BCUT2D eigenvalue weighted by Crippen LogP contribution is -2.08. The van der Waals surface area contributed by atoms with Crippen LogP contribution in [0.1, 0.15) is 34.3 Å². The van der Waals surface area contributed by atoms with E-state index in [9.17, 15) is 4.79 Å². The number of aryl methyl sites for hydroxylation is 1. The van der Waals surface area contributed by atoms with E-state index in [-0.39, 0.29) is 4.88 Å². The lowest BCUT2D eigenvalue weighted by Gasteiger charge is -2.06. The fourth-order valence-electron chi connectivity index (χ4n) is 1.31. The summed E-state index contributed by atoms with van der Waals surface area (Å²) in [5, 5.41) is 8.95. The number of carbonyl (C=O) groups is 1. The van der Waals surface area contributed by atoms with Crippen LogP contribution in [0.3, 0.4) is 0 Å². The van der Waals surface area contributed by atoms with Crippen molar-refractivity contribution in [2.75, 3.05) is 19.8 Å². The molecule has 1 heterocycles. The second-order valence-electron chi connectivity index (χ2n) is 3.67. The van der Waals surface area contributed by atoms with Crippen LogP contribution in [-0.4, -0.2) is 30.9 Å². The molecule has 1 N–H and O–H groups in total. The summed E-state index contributed by atoms with van der Waals surface area (Å²) < 4.78 is 10.7. The second kappa shape index (κ2) is 7.29. The van der Waals surface area contributed by atoms with E-state index in [1.807, 2.05) is 6.92 Å². The highest BCUT2D eigenvalue weighted by atomic mass is 32.1. The molecule has 5 heteroatoms. The number of ether oxygens (including phenoxy) is 2. The number of unbranched alkanes of at least 4 members (excludes halogenated alkanes) is 1. The highest BCUT2D eigenvalue weighted by Crippen LogP contribution is 2.28. The van der Waals surface area contributed by atoms with Gasteiger partial charge in [-0.05, 0) is 19.4 Å². The minimum Gasteiger partial charge on any atom is -0.489 e. The fourth-order valence-corrected chi connectivity index (χ4v) is 2.10. The molecule has 0 bridgehead atoms. The summed E-state index contributed by atoms with van der Waals surface area (Å²) in [5.41, 5.74) is 0. The third-order valence-electron chi connectivity index (χ3n) is 2.14. The van der Waals surface area contributed by atoms with Crippen molar-refractivity contribution < 1.29 is 19.4 Å². The van der Waals surface area contributed by atoms with Gasteiger partial charge in [-0.25, -0.2) is 4.79 Å². The van der Waals surface area contributed by atoms with E-state index < -0.39 is 5.97 Å². The minimum atomic E-state index is -0.940.